The third kappa shape index (κ3) is 9.01. The average Bonchev–Trinajstić information content (AvgIpc) is 2.70. The highest BCUT2D eigenvalue weighted by Crippen LogP contribution is 2.10. The van der Waals surface area contributed by atoms with Crippen LogP contribution in [0, 0.1) is 0 Å². The molecule has 27 heavy (non-hydrogen) atoms. The molecule has 0 aliphatic carbocycles. The molecular weight excluding hydrogens is 350 g/mol. The van der Waals surface area contributed by atoms with E-state index in [-0.39, 0.29) is 17.1 Å². The number of carbonyl (C=O) groups excluding carboxylic acids is 3. The highest BCUT2D eigenvalue weighted by Gasteiger charge is 2.16. The van der Waals surface area contributed by atoms with Crippen molar-refractivity contribution in [3.8, 4) is 0 Å². The van der Waals surface area contributed by atoms with E-state index in [2.05, 4.69) is 34.8 Å². The van der Waals surface area contributed by atoms with Crippen LogP contribution in [0.4, 0.5) is 0 Å². The summed E-state index contributed by atoms with van der Waals surface area (Å²) < 4.78 is 14.0. The number of hydrogen-bond donors (Lipinski definition) is 0. The maximum absolute atomic E-state index is 11.2. The summed E-state index contributed by atoms with van der Waals surface area (Å²) in [5.41, 5.74) is 0.878. The summed E-state index contributed by atoms with van der Waals surface area (Å²) in [4.78, 5) is 35.6. The molecule has 0 N–H and O–H groups in total. The van der Waals surface area contributed by atoms with E-state index >= 15 is 0 Å². The molecule has 0 aliphatic heterocycles. The number of rotatable bonds is 8. The Morgan fingerprint density at radius 3 is 1.74 bits per heavy atom. The smallest absolute Gasteiger partial charge is 0.338 e. The van der Waals surface area contributed by atoms with Gasteiger partial charge in [-0.15, -0.1) is 0 Å². The van der Waals surface area contributed by atoms with Gasteiger partial charge in [-0.2, -0.15) is 0 Å². The Morgan fingerprint density at radius 2 is 1.41 bits per heavy atom. The molecule has 0 fully saturated rings. The number of benzene rings is 1. The molecule has 1 rings (SSSR count). The third-order valence-electron chi connectivity index (χ3n) is 3.62. The van der Waals surface area contributed by atoms with Crippen molar-refractivity contribution in [2.75, 3.05) is 40.5 Å². The molecule has 1 aromatic rings. The van der Waals surface area contributed by atoms with Crippen LogP contribution in [0.2, 0.25) is 0 Å². The van der Waals surface area contributed by atoms with Gasteiger partial charge < -0.3 is 19.1 Å². The van der Waals surface area contributed by atoms with Crippen LogP contribution in [0.5, 0.6) is 0 Å². The fraction of sp³-hybridized carbons (Fsp3) is 0.450. The van der Waals surface area contributed by atoms with E-state index in [0.29, 0.717) is 12.2 Å². The zero-order chi connectivity index (χ0) is 20.8. The van der Waals surface area contributed by atoms with E-state index in [4.69, 9.17) is 4.74 Å². The van der Waals surface area contributed by atoms with Crippen LogP contribution in [0.25, 0.3) is 0 Å². The average molecular weight is 379 g/mol. The number of ether oxygens (including phenoxy) is 3. The Kier molecular flexibility index (Phi) is 12.2. The minimum atomic E-state index is -0.550. The lowest BCUT2D eigenvalue weighted by atomic mass is 10.1. The van der Waals surface area contributed by atoms with Crippen molar-refractivity contribution >= 4 is 17.9 Å². The van der Waals surface area contributed by atoms with Crippen molar-refractivity contribution in [3.63, 3.8) is 0 Å². The van der Waals surface area contributed by atoms with Crippen LogP contribution >= 0.6 is 0 Å². The molecule has 0 aromatic heterocycles. The monoisotopic (exact) mass is 379 g/mol. The zero-order valence-electron chi connectivity index (χ0n) is 16.7. The Labute approximate surface area is 160 Å². The Hall–Kier alpha value is -2.67. The van der Waals surface area contributed by atoms with Gasteiger partial charge in [0.15, 0.2) is 0 Å². The number of hydrogen-bond acceptors (Lipinski definition) is 7. The van der Waals surface area contributed by atoms with Gasteiger partial charge in [0.1, 0.15) is 6.61 Å². The third-order valence-corrected chi connectivity index (χ3v) is 3.62. The van der Waals surface area contributed by atoms with Crippen LogP contribution in [-0.2, 0) is 19.0 Å². The first-order valence-corrected chi connectivity index (χ1v) is 8.62. The lowest BCUT2D eigenvalue weighted by Gasteiger charge is -2.17. The van der Waals surface area contributed by atoms with Gasteiger partial charge in [-0.3, -0.25) is 0 Å². The second kappa shape index (κ2) is 13.5. The molecule has 0 atom stereocenters. The summed E-state index contributed by atoms with van der Waals surface area (Å²) in [5, 5.41) is 0. The molecule has 0 saturated carbocycles. The van der Waals surface area contributed by atoms with E-state index in [9.17, 15) is 14.4 Å². The van der Waals surface area contributed by atoms with Gasteiger partial charge in [-0.25, -0.2) is 14.4 Å². The number of nitrogens with zero attached hydrogens (tertiary/aromatic N) is 1. The van der Waals surface area contributed by atoms with Crippen LogP contribution in [-0.4, -0.2) is 63.3 Å². The highest BCUT2D eigenvalue weighted by molar-refractivity contribution is 6.03. The van der Waals surface area contributed by atoms with Gasteiger partial charge in [-0.05, 0) is 32.1 Å². The fourth-order valence-electron chi connectivity index (χ4n) is 1.99. The minimum Gasteiger partial charge on any atom is -0.465 e. The molecule has 0 bridgehead atoms. The van der Waals surface area contributed by atoms with Gasteiger partial charge >= 0.3 is 17.9 Å². The second-order valence-corrected chi connectivity index (χ2v) is 5.47. The maximum Gasteiger partial charge on any atom is 0.338 e. The Balaban J connectivity index is 0.000000503. The second-order valence-electron chi connectivity index (χ2n) is 5.47. The number of carbonyl (C=O) groups is 3. The fourth-order valence-corrected chi connectivity index (χ4v) is 1.99. The normalized spacial score (nSPS) is 9.70. The van der Waals surface area contributed by atoms with Gasteiger partial charge in [0.05, 0.1) is 25.3 Å². The summed E-state index contributed by atoms with van der Waals surface area (Å²) in [5.74, 6) is -1.40. The maximum atomic E-state index is 11.2. The summed E-state index contributed by atoms with van der Waals surface area (Å²) in [6.45, 7) is 12.6. The zero-order valence-corrected chi connectivity index (χ0v) is 16.7. The largest absolute Gasteiger partial charge is 0.465 e. The summed E-state index contributed by atoms with van der Waals surface area (Å²) in [6.07, 6.45) is 0. The summed E-state index contributed by atoms with van der Waals surface area (Å²) in [7, 11) is 2.52. The molecule has 0 saturated heterocycles. The molecule has 7 nitrogen and oxygen atoms in total. The van der Waals surface area contributed by atoms with Gasteiger partial charge in [0.25, 0.3) is 0 Å². The standard InChI is InChI=1S/C10H19NO2.C10H10O4/c1-5-11(6-2)7-8-13-10(12)9(3)4;1-13-9(11)7-5-3-4-6-8(7)10(12)14-2/h3,5-8H2,1-2,4H3;3-6H,1-2H3. The SMILES string of the molecule is C=C(C)C(=O)OCCN(CC)CC.COC(=O)c1ccccc1C(=O)OC. The van der Waals surface area contributed by atoms with Gasteiger partial charge in [-0.1, -0.05) is 32.6 Å². The van der Waals surface area contributed by atoms with Crippen molar-refractivity contribution in [3.05, 3.63) is 47.5 Å². The highest BCUT2D eigenvalue weighted by atomic mass is 16.5. The molecule has 150 valence electrons. The van der Waals surface area contributed by atoms with Crippen molar-refractivity contribution in [2.24, 2.45) is 0 Å². The minimum absolute atomic E-state index is 0.210. The molecule has 0 aliphatic rings. The lowest BCUT2D eigenvalue weighted by molar-refractivity contribution is -0.139. The Morgan fingerprint density at radius 1 is 0.963 bits per heavy atom. The number of likely N-dealkylation sites (N-methyl/N-ethyl adjacent to an activating group) is 1. The van der Waals surface area contributed by atoms with Gasteiger partial charge in [0, 0.05) is 12.1 Å². The number of methoxy groups -OCH3 is 2. The van der Waals surface area contributed by atoms with Crippen LogP contribution in [0.15, 0.2) is 36.4 Å². The molecule has 0 heterocycles. The summed E-state index contributed by atoms with van der Waals surface area (Å²) >= 11 is 0. The quantitative estimate of drug-likeness (QED) is 0.390. The first-order valence-electron chi connectivity index (χ1n) is 8.62. The van der Waals surface area contributed by atoms with Crippen LogP contribution < -0.4 is 0 Å². The lowest BCUT2D eigenvalue weighted by Crippen LogP contribution is -2.27. The topological polar surface area (TPSA) is 82.1 Å². The molecular formula is C20H29NO6. The predicted octanol–water partition coefficient (Wildman–Crippen LogP) is 2.71. The van der Waals surface area contributed by atoms with E-state index in [0.717, 1.165) is 19.6 Å². The van der Waals surface area contributed by atoms with Crippen LogP contribution in [0.1, 0.15) is 41.5 Å². The van der Waals surface area contributed by atoms with E-state index in [1.807, 2.05) is 0 Å². The predicted molar refractivity (Wildman–Crippen MR) is 103 cm³/mol. The van der Waals surface area contributed by atoms with E-state index in [1.54, 1.807) is 19.1 Å². The van der Waals surface area contributed by atoms with Crippen molar-refractivity contribution in [2.45, 2.75) is 20.8 Å². The summed E-state index contributed by atoms with van der Waals surface area (Å²) in [6, 6.07) is 6.33. The van der Waals surface area contributed by atoms with E-state index in [1.165, 1.54) is 26.4 Å². The molecule has 0 unspecified atom stereocenters. The first kappa shape index (κ1) is 24.3. The van der Waals surface area contributed by atoms with Crippen molar-refractivity contribution in [1.82, 2.24) is 4.90 Å². The first-order chi connectivity index (χ1) is 12.8. The molecule has 0 amide bonds. The van der Waals surface area contributed by atoms with Gasteiger partial charge in [0.2, 0.25) is 0 Å². The van der Waals surface area contributed by atoms with Crippen molar-refractivity contribution in [1.29, 1.82) is 0 Å². The van der Waals surface area contributed by atoms with E-state index < -0.39 is 11.9 Å². The number of esters is 3. The molecule has 7 heteroatoms. The molecule has 0 spiro atoms. The van der Waals surface area contributed by atoms with Crippen molar-refractivity contribution < 1.29 is 28.6 Å². The molecule has 0 radical (unpaired) electrons. The Bertz CT molecular complexity index is 602. The van der Waals surface area contributed by atoms with Crippen LogP contribution in [0.3, 0.4) is 0 Å². The molecule has 1 aromatic carbocycles.